The SMILES string of the molecule is C=C1C(O)CC2C(C)(C)C(Cl)C(Cl)CC2(C)C1CC(O)C1CC(=O)NC1=O. The molecule has 0 radical (unpaired) electrons. The fourth-order valence-corrected chi connectivity index (χ4v) is 6.77. The van der Waals surface area contributed by atoms with Gasteiger partial charge in [-0.2, -0.15) is 0 Å². The minimum absolute atomic E-state index is 0.00469. The summed E-state index contributed by atoms with van der Waals surface area (Å²) in [6.45, 7) is 10.4. The number of aliphatic hydroxyl groups excluding tert-OH is 2. The highest BCUT2D eigenvalue weighted by molar-refractivity contribution is 6.30. The molecule has 2 amide bonds. The standard InChI is InChI=1S/C20H29Cl2NO4/c1-9-11(6-14(25)10-5-16(26)23-18(10)27)20(4)8-12(21)17(22)19(2,3)15(20)7-13(9)24/h10-15,17,24-25H,1,5-8H2,2-4H3,(H,23,26,27). The number of amides is 2. The Balaban J connectivity index is 1.91. The molecule has 1 saturated heterocycles. The van der Waals surface area contributed by atoms with E-state index in [1.165, 1.54) is 0 Å². The summed E-state index contributed by atoms with van der Waals surface area (Å²) in [5, 5.41) is 23.2. The lowest BCUT2D eigenvalue weighted by molar-refractivity contribution is -0.128. The lowest BCUT2D eigenvalue weighted by Gasteiger charge is -2.61. The summed E-state index contributed by atoms with van der Waals surface area (Å²) in [7, 11) is 0. The van der Waals surface area contributed by atoms with Crippen molar-refractivity contribution in [2.75, 3.05) is 0 Å². The van der Waals surface area contributed by atoms with Gasteiger partial charge in [-0.05, 0) is 47.5 Å². The Labute approximate surface area is 170 Å². The van der Waals surface area contributed by atoms with Crippen LogP contribution in [0.4, 0.5) is 0 Å². The van der Waals surface area contributed by atoms with Gasteiger partial charge < -0.3 is 10.2 Å². The molecule has 0 aromatic carbocycles. The number of nitrogens with one attached hydrogen (secondary N) is 1. The van der Waals surface area contributed by atoms with Gasteiger partial charge in [0, 0.05) is 6.42 Å². The molecule has 0 aromatic rings. The van der Waals surface area contributed by atoms with Crippen molar-refractivity contribution in [3.05, 3.63) is 12.2 Å². The second-order valence-corrected chi connectivity index (χ2v) is 10.4. The molecule has 8 unspecified atom stereocenters. The minimum Gasteiger partial charge on any atom is -0.392 e. The van der Waals surface area contributed by atoms with E-state index in [2.05, 4.69) is 32.7 Å². The molecule has 2 aliphatic carbocycles. The molecule has 1 aliphatic heterocycles. The van der Waals surface area contributed by atoms with Crippen LogP contribution in [0.1, 0.15) is 46.5 Å². The highest BCUT2D eigenvalue weighted by atomic mass is 35.5. The maximum atomic E-state index is 12.0. The van der Waals surface area contributed by atoms with Gasteiger partial charge in [-0.15, -0.1) is 23.2 Å². The predicted octanol–water partition coefficient (Wildman–Crippen LogP) is 2.60. The highest BCUT2D eigenvalue weighted by Gasteiger charge is 2.60. The highest BCUT2D eigenvalue weighted by Crippen LogP contribution is 2.63. The normalized spacial score (nSPS) is 45.4. The van der Waals surface area contributed by atoms with E-state index in [4.69, 9.17) is 23.2 Å². The van der Waals surface area contributed by atoms with E-state index in [0.717, 1.165) is 0 Å². The fourth-order valence-electron chi connectivity index (χ4n) is 5.87. The Morgan fingerprint density at radius 1 is 1.30 bits per heavy atom. The summed E-state index contributed by atoms with van der Waals surface area (Å²) in [5.41, 5.74) is 0.0646. The number of carbonyl (C=O) groups excluding carboxylic acids is 2. The van der Waals surface area contributed by atoms with Crippen LogP contribution in [0.2, 0.25) is 0 Å². The zero-order valence-electron chi connectivity index (χ0n) is 16.0. The molecule has 5 nitrogen and oxygen atoms in total. The molecule has 7 heteroatoms. The quantitative estimate of drug-likeness (QED) is 0.374. The lowest BCUT2D eigenvalue weighted by Crippen LogP contribution is -2.59. The number of carbonyl (C=O) groups is 2. The molecule has 27 heavy (non-hydrogen) atoms. The van der Waals surface area contributed by atoms with Crippen molar-refractivity contribution in [2.45, 2.75) is 69.4 Å². The zero-order valence-corrected chi connectivity index (χ0v) is 17.6. The fraction of sp³-hybridized carbons (Fsp3) is 0.800. The molecule has 0 spiro atoms. The lowest BCUT2D eigenvalue weighted by atomic mass is 9.46. The molecule has 2 saturated carbocycles. The molecule has 3 rings (SSSR count). The Morgan fingerprint density at radius 3 is 2.48 bits per heavy atom. The van der Waals surface area contributed by atoms with E-state index in [1.54, 1.807) is 0 Å². The predicted molar refractivity (Wildman–Crippen MR) is 104 cm³/mol. The number of rotatable bonds is 3. The van der Waals surface area contributed by atoms with E-state index in [9.17, 15) is 19.8 Å². The first-order valence-electron chi connectivity index (χ1n) is 9.56. The van der Waals surface area contributed by atoms with Crippen molar-refractivity contribution in [3.8, 4) is 0 Å². The van der Waals surface area contributed by atoms with Gasteiger partial charge in [-0.25, -0.2) is 0 Å². The van der Waals surface area contributed by atoms with Crippen molar-refractivity contribution in [1.82, 2.24) is 5.32 Å². The number of hydrogen-bond acceptors (Lipinski definition) is 4. The number of imide groups is 1. The number of aliphatic hydroxyl groups is 2. The van der Waals surface area contributed by atoms with Gasteiger partial charge in [0.25, 0.3) is 0 Å². The zero-order chi connectivity index (χ0) is 20.3. The maximum Gasteiger partial charge on any atom is 0.232 e. The Hall–Kier alpha value is -0.620. The molecule has 8 atom stereocenters. The molecule has 3 fully saturated rings. The largest absolute Gasteiger partial charge is 0.392 e. The van der Waals surface area contributed by atoms with Crippen molar-refractivity contribution in [1.29, 1.82) is 0 Å². The van der Waals surface area contributed by atoms with Gasteiger partial charge in [0.15, 0.2) is 0 Å². The summed E-state index contributed by atoms with van der Waals surface area (Å²) < 4.78 is 0. The Morgan fingerprint density at radius 2 is 1.93 bits per heavy atom. The number of alkyl halides is 2. The molecule has 3 aliphatic rings. The summed E-state index contributed by atoms with van der Waals surface area (Å²) in [6, 6.07) is 0. The van der Waals surface area contributed by atoms with Gasteiger partial charge in [-0.1, -0.05) is 27.4 Å². The first-order chi connectivity index (χ1) is 12.4. The number of fused-ring (bicyclic) bond motifs is 1. The Kier molecular flexibility index (Phi) is 5.48. The smallest absolute Gasteiger partial charge is 0.232 e. The van der Waals surface area contributed by atoms with Crippen molar-refractivity contribution in [3.63, 3.8) is 0 Å². The van der Waals surface area contributed by atoms with E-state index in [-0.39, 0.29) is 52.2 Å². The van der Waals surface area contributed by atoms with Crippen LogP contribution < -0.4 is 5.32 Å². The first-order valence-corrected chi connectivity index (χ1v) is 10.4. The van der Waals surface area contributed by atoms with Crippen molar-refractivity contribution in [2.24, 2.45) is 28.6 Å². The van der Waals surface area contributed by atoms with Gasteiger partial charge in [-0.3, -0.25) is 14.9 Å². The van der Waals surface area contributed by atoms with Crippen molar-refractivity contribution < 1.29 is 19.8 Å². The van der Waals surface area contributed by atoms with Crippen LogP contribution in [-0.2, 0) is 9.59 Å². The molecular formula is C20H29Cl2NO4. The molecule has 0 bridgehead atoms. The van der Waals surface area contributed by atoms with Gasteiger partial charge in [0.1, 0.15) is 0 Å². The molecule has 1 heterocycles. The average Bonchev–Trinajstić information content (AvgIpc) is 2.91. The summed E-state index contributed by atoms with van der Waals surface area (Å²) in [5.74, 6) is -1.67. The molecule has 152 valence electrons. The van der Waals surface area contributed by atoms with Crippen LogP contribution in [0.5, 0.6) is 0 Å². The van der Waals surface area contributed by atoms with Crippen LogP contribution in [-0.4, -0.2) is 45.0 Å². The monoisotopic (exact) mass is 417 g/mol. The molecule has 0 aromatic heterocycles. The summed E-state index contributed by atoms with van der Waals surface area (Å²) in [6.07, 6.45) is -0.197. The van der Waals surface area contributed by atoms with E-state index >= 15 is 0 Å². The minimum atomic E-state index is -0.980. The number of hydrogen-bond donors (Lipinski definition) is 3. The van der Waals surface area contributed by atoms with Crippen molar-refractivity contribution >= 4 is 35.0 Å². The summed E-state index contributed by atoms with van der Waals surface area (Å²) in [4.78, 5) is 23.5. The molecule has 3 N–H and O–H groups in total. The van der Waals surface area contributed by atoms with Gasteiger partial charge in [0.2, 0.25) is 11.8 Å². The maximum absolute atomic E-state index is 12.0. The van der Waals surface area contributed by atoms with Crippen LogP contribution in [0, 0.1) is 28.6 Å². The van der Waals surface area contributed by atoms with Crippen LogP contribution in [0.3, 0.4) is 0 Å². The summed E-state index contributed by atoms with van der Waals surface area (Å²) >= 11 is 13.3. The first kappa shape index (κ1) is 21.1. The molecular weight excluding hydrogens is 389 g/mol. The third kappa shape index (κ3) is 3.35. The van der Waals surface area contributed by atoms with E-state index in [0.29, 0.717) is 18.4 Å². The number of halogens is 2. The third-order valence-electron chi connectivity index (χ3n) is 7.43. The van der Waals surface area contributed by atoms with Crippen LogP contribution >= 0.6 is 23.2 Å². The topological polar surface area (TPSA) is 86.6 Å². The van der Waals surface area contributed by atoms with E-state index in [1.807, 2.05) is 0 Å². The van der Waals surface area contributed by atoms with Crippen LogP contribution in [0.25, 0.3) is 0 Å². The second kappa shape index (κ2) is 7.01. The van der Waals surface area contributed by atoms with Gasteiger partial charge >= 0.3 is 0 Å². The van der Waals surface area contributed by atoms with Gasteiger partial charge in [0.05, 0.1) is 28.9 Å². The Bertz CT molecular complexity index is 666. The average molecular weight is 418 g/mol. The van der Waals surface area contributed by atoms with E-state index < -0.39 is 24.0 Å². The third-order valence-corrected chi connectivity index (χ3v) is 8.84. The van der Waals surface area contributed by atoms with Crippen LogP contribution in [0.15, 0.2) is 12.2 Å². The second-order valence-electron chi connectivity index (χ2n) is 9.41.